The van der Waals surface area contributed by atoms with Crippen molar-refractivity contribution >= 4 is 17.0 Å². The molecule has 21 heavy (non-hydrogen) atoms. The van der Waals surface area contributed by atoms with Crippen molar-refractivity contribution in [1.82, 2.24) is 5.32 Å². The molecule has 1 N–H and O–H groups in total. The maximum Gasteiger partial charge on any atom is 0.146 e. The summed E-state index contributed by atoms with van der Waals surface area (Å²) in [7, 11) is 1.95. The molecule has 1 atom stereocenters. The van der Waals surface area contributed by atoms with Crippen LogP contribution in [0.4, 0.5) is 10.1 Å². The average molecular weight is 306 g/mol. The summed E-state index contributed by atoms with van der Waals surface area (Å²) in [5.41, 5.74) is 1.71. The van der Waals surface area contributed by atoms with Crippen LogP contribution in [0, 0.1) is 5.82 Å². The summed E-state index contributed by atoms with van der Waals surface area (Å²) in [5, 5.41) is 5.49. The summed E-state index contributed by atoms with van der Waals surface area (Å²) in [6, 6.07) is 9.59. The molecule has 0 spiro atoms. The Morgan fingerprint density at radius 3 is 2.76 bits per heavy atom. The Morgan fingerprint density at radius 1 is 1.29 bits per heavy atom. The van der Waals surface area contributed by atoms with Gasteiger partial charge in [0, 0.05) is 18.0 Å². The van der Waals surface area contributed by atoms with E-state index in [2.05, 4.69) is 30.6 Å². The number of benzene rings is 1. The van der Waals surface area contributed by atoms with E-state index in [0.717, 1.165) is 25.1 Å². The molecule has 1 unspecified atom stereocenters. The highest BCUT2D eigenvalue weighted by molar-refractivity contribution is 7.09. The first kappa shape index (κ1) is 16.0. The van der Waals surface area contributed by atoms with Gasteiger partial charge in [-0.1, -0.05) is 25.1 Å². The van der Waals surface area contributed by atoms with Crippen molar-refractivity contribution in [3.63, 3.8) is 0 Å². The van der Waals surface area contributed by atoms with E-state index in [-0.39, 0.29) is 11.9 Å². The lowest BCUT2D eigenvalue weighted by atomic mass is 10.0. The molecule has 1 aromatic heterocycles. The minimum atomic E-state index is -0.156. The second-order valence-corrected chi connectivity index (χ2v) is 6.32. The van der Waals surface area contributed by atoms with Gasteiger partial charge in [-0.15, -0.1) is 11.3 Å². The second-order valence-electron chi connectivity index (χ2n) is 5.29. The third-order valence-electron chi connectivity index (χ3n) is 3.54. The first-order valence-corrected chi connectivity index (χ1v) is 8.26. The Hall–Kier alpha value is -1.39. The minimum Gasteiger partial charge on any atom is -0.367 e. The zero-order chi connectivity index (χ0) is 15.2. The summed E-state index contributed by atoms with van der Waals surface area (Å²) < 4.78 is 14.3. The highest BCUT2D eigenvalue weighted by Crippen LogP contribution is 2.30. The number of hydrogen-bond acceptors (Lipinski definition) is 3. The first-order valence-electron chi connectivity index (χ1n) is 7.38. The molecule has 0 fully saturated rings. The Labute approximate surface area is 130 Å². The zero-order valence-electron chi connectivity index (χ0n) is 12.9. The number of anilines is 1. The quantitative estimate of drug-likeness (QED) is 0.805. The van der Waals surface area contributed by atoms with E-state index in [9.17, 15) is 4.39 Å². The minimum absolute atomic E-state index is 0.140. The van der Waals surface area contributed by atoms with Crippen LogP contribution < -0.4 is 10.2 Å². The van der Waals surface area contributed by atoms with Gasteiger partial charge in [0.1, 0.15) is 5.82 Å². The lowest BCUT2D eigenvalue weighted by Crippen LogP contribution is -2.24. The number of hydrogen-bond donors (Lipinski definition) is 1. The molecule has 0 saturated carbocycles. The first-order chi connectivity index (χ1) is 10.1. The molecule has 2 nitrogen and oxygen atoms in total. The molecule has 0 amide bonds. The standard InChI is InChI=1S/C17H23FN2S/c1-4-10-19-13(2)15-8-5-9-16(18)17(15)20(3)12-14-7-6-11-21-14/h5-9,11,13,19H,4,10,12H2,1-3H3. The lowest BCUT2D eigenvalue weighted by molar-refractivity contribution is 0.560. The van der Waals surface area contributed by atoms with Gasteiger partial charge in [-0.2, -0.15) is 0 Å². The summed E-state index contributed by atoms with van der Waals surface area (Å²) in [4.78, 5) is 3.24. The summed E-state index contributed by atoms with van der Waals surface area (Å²) in [6.07, 6.45) is 1.07. The van der Waals surface area contributed by atoms with E-state index in [0.29, 0.717) is 5.69 Å². The van der Waals surface area contributed by atoms with Crippen molar-refractivity contribution in [2.45, 2.75) is 32.9 Å². The maximum atomic E-state index is 14.3. The van der Waals surface area contributed by atoms with E-state index in [1.54, 1.807) is 17.4 Å². The fraction of sp³-hybridized carbons (Fsp3) is 0.412. The Balaban J connectivity index is 2.24. The number of halogens is 1. The number of nitrogens with zero attached hydrogens (tertiary/aromatic N) is 1. The predicted molar refractivity (Wildman–Crippen MR) is 89.5 cm³/mol. The molecular formula is C17H23FN2S. The van der Waals surface area contributed by atoms with Crippen LogP contribution in [-0.2, 0) is 6.54 Å². The lowest BCUT2D eigenvalue weighted by Gasteiger charge is -2.25. The van der Waals surface area contributed by atoms with Crippen LogP contribution in [0.15, 0.2) is 35.7 Å². The van der Waals surface area contributed by atoms with Crippen LogP contribution in [0.3, 0.4) is 0 Å². The third kappa shape index (κ3) is 4.05. The summed E-state index contributed by atoms with van der Waals surface area (Å²) >= 11 is 1.70. The molecular weight excluding hydrogens is 283 g/mol. The molecule has 0 aliphatic heterocycles. The highest BCUT2D eigenvalue weighted by atomic mass is 32.1. The topological polar surface area (TPSA) is 15.3 Å². The Bertz CT molecular complexity index is 554. The maximum absolute atomic E-state index is 14.3. The van der Waals surface area contributed by atoms with E-state index >= 15 is 0 Å². The van der Waals surface area contributed by atoms with Crippen LogP contribution in [0.25, 0.3) is 0 Å². The number of nitrogens with one attached hydrogen (secondary N) is 1. The van der Waals surface area contributed by atoms with Gasteiger partial charge >= 0.3 is 0 Å². The Morgan fingerprint density at radius 2 is 2.10 bits per heavy atom. The fourth-order valence-electron chi connectivity index (χ4n) is 2.47. The molecule has 114 valence electrons. The molecule has 2 aromatic rings. The van der Waals surface area contributed by atoms with Crippen LogP contribution in [0.2, 0.25) is 0 Å². The molecule has 0 bridgehead atoms. The van der Waals surface area contributed by atoms with E-state index in [1.807, 2.05) is 24.1 Å². The summed E-state index contributed by atoms with van der Waals surface area (Å²) in [5.74, 6) is -0.156. The molecule has 1 heterocycles. The van der Waals surface area contributed by atoms with E-state index < -0.39 is 0 Å². The number of thiophene rings is 1. The molecule has 4 heteroatoms. The molecule has 0 aliphatic carbocycles. The van der Waals surface area contributed by atoms with Gasteiger partial charge in [0.2, 0.25) is 0 Å². The van der Waals surface area contributed by atoms with Crippen molar-refractivity contribution < 1.29 is 4.39 Å². The number of para-hydroxylation sites is 1. The van der Waals surface area contributed by atoms with Gasteiger partial charge in [-0.3, -0.25) is 0 Å². The molecule has 0 radical (unpaired) electrons. The molecule has 0 saturated heterocycles. The highest BCUT2D eigenvalue weighted by Gasteiger charge is 2.17. The van der Waals surface area contributed by atoms with Crippen molar-refractivity contribution in [3.05, 3.63) is 52.0 Å². The van der Waals surface area contributed by atoms with Gasteiger partial charge in [-0.05, 0) is 43.0 Å². The van der Waals surface area contributed by atoms with E-state index in [4.69, 9.17) is 0 Å². The van der Waals surface area contributed by atoms with Crippen LogP contribution in [-0.4, -0.2) is 13.6 Å². The van der Waals surface area contributed by atoms with Crippen molar-refractivity contribution in [1.29, 1.82) is 0 Å². The molecule has 1 aromatic carbocycles. The Kier molecular flexibility index (Phi) is 5.76. The average Bonchev–Trinajstić information content (AvgIpc) is 2.97. The SMILES string of the molecule is CCCNC(C)c1cccc(F)c1N(C)Cc1cccs1. The summed E-state index contributed by atoms with van der Waals surface area (Å²) in [6.45, 7) is 5.89. The largest absolute Gasteiger partial charge is 0.367 e. The molecule has 0 aliphatic rings. The van der Waals surface area contributed by atoms with Gasteiger partial charge in [0.05, 0.1) is 12.2 Å². The van der Waals surface area contributed by atoms with Crippen molar-refractivity contribution in [2.24, 2.45) is 0 Å². The van der Waals surface area contributed by atoms with Crippen LogP contribution >= 0.6 is 11.3 Å². The van der Waals surface area contributed by atoms with Gasteiger partial charge in [0.25, 0.3) is 0 Å². The zero-order valence-corrected chi connectivity index (χ0v) is 13.7. The normalized spacial score (nSPS) is 12.4. The monoisotopic (exact) mass is 306 g/mol. The van der Waals surface area contributed by atoms with Gasteiger partial charge < -0.3 is 10.2 Å². The van der Waals surface area contributed by atoms with Crippen molar-refractivity contribution in [3.8, 4) is 0 Å². The molecule has 2 rings (SSSR count). The second kappa shape index (κ2) is 7.57. The smallest absolute Gasteiger partial charge is 0.146 e. The van der Waals surface area contributed by atoms with Gasteiger partial charge in [0.15, 0.2) is 0 Å². The fourth-order valence-corrected chi connectivity index (χ4v) is 3.23. The van der Waals surface area contributed by atoms with E-state index in [1.165, 1.54) is 10.9 Å². The van der Waals surface area contributed by atoms with Crippen molar-refractivity contribution in [2.75, 3.05) is 18.5 Å². The predicted octanol–water partition coefficient (Wildman–Crippen LogP) is 4.58. The van der Waals surface area contributed by atoms with Crippen LogP contribution in [0.5, 0.6) is 0 Å². The number of rotatable bonds is 7. The van der Waals surface area contributed by atoms with Crippen LogP contribution in [0.1, 0.15) is 36.8 Å². The van der Waals surface area contributed by atoms with Gasteiger partial charge in [-0.25, -0.2) is 4.39 Å². The third-order valence-corrected chi connectivity index (χ3v) is 4.40.